The lowest BCUT2D eigenvalue weighted by Gasteiger charge is -2.16. The van der Waals surface area contributed by atoms with Crippen molar-refractivity contribution in [2.45, 2.75) is 0 Å². The molecule has 36 heavy (non-hydrogen) atoms. The van der Waals surface area contributed by atoms with Gasteiger partial charge in [-0.05, 0) is 71.8 Å². The maximum Gasteiger partial charge on any atom is 0.266 e. The van der Waals surface area contributed by atoms with E-state index in [1.54, 1.807) is 72.8 Å². The molecule has 0 atom stereocenters. The highest BCUT2D eigenvalue weighted by Crippen LogP contribution is 2.34. The van der Waals surface area contributed by atoms with E-state index in [1.165, 1.54) is 12.1 Å². The van der Waals surface area contributed by atoms with Gasteiger partial charge in [-0.1, -0.05) is 47.5 Å². The number of anilines is 2. The zero-order valence-electron chi connectivity index (χ0n) is 18.4. The second-order valence-corrected chi connectivity index (χ2v) is 9.24. The Morgan fingerprint density at radius 3 is 1.11 bits per heavy atom. The van der Waals surface area contributed by atoms with E-state index in [2.05, 4.69) is 0 Å². The molecule has 2 heterocycles. The fourth-order valence-electron chi connectivity index (χ4n) is 4.50. The van der Waals surface area contributed by atoms with Crippen LogP contribution < -0.4 is 9.80 Å². The summed E-state index contributed by atoms with van der Waals surface area (Å²) >= 11 is 12.0. The molecule has 4 aromatic carbocycles. The average molecular weight is 513 g/mol. The fourth-order valence-corrected chi connectivity index (χ4v) is 4.85. The van der Waals surface area contributed by atoms with Crippen LogP contribution >= 0.6 is 23.2 Å². The second-order valence-electron chi connectivity index (χ2n) is 8.36. The minimum Gasteiger partial charge on any atom is -0.268 e. The third kappa shape index (κ3) is 3.34. The van der Waals surface area contributed by atoms with Crippen molar-refractivity contribution < 1.29 is 19.2 Å². The van der Waals surface area contributed by atoms with Gasteiger partial charge in [0.1, 0.15) is 0 Å². The first-order chi connectivity index (χ1) is 17.3. The molecule has 6 nitrogen and oxygen atoms in total. The number of benzene rings is 4. The van der Waals surface area contributed by atoms with Gasteiger partial charge in [-0.3, -0.25) is 19.2 Å². The molecule has 0 aliphatic carbocycles. The van der Waals surface area contributed by atoms with Crippen molar-refractivity contribution in [1.29, 1.82) is 0 Å². The number of hydrogen-bond donors (Lipinski definition) is 0. The van der Waals surface area contributed by atoms with Crippen molar-refractivity contribution in [3.8, 4) is 11.1 Å². The van der Waals surface area contributed by atoms with Crippen LogP contribution in [0.15, 0.2) is 84.9 Å². The first-order valence-corrected chi connectivity index (χ1v) is 11.7. The molecule has 0 bridgehead atoms. The minimum atomic E-state index is -0.420. The van der Waals surface area contributed by atoms with Crippen LogP contribution in [0.1, 0.15) is 41.4 Å². The number of halogens is 2. The average Bonchev–Trinajstić information content (AvgIpc) is 3.27. The normalized spacial score (nSPS) is 14.5. The van der Waals surface area contributed by atoms with Gasteiger partial charge in [0.25, 0.3) is 23.6 Å². The van der Waals surface area contributed by atoms with Crippen LogP contribution in [0.3, 0.4) is 0 Å². The van der Waals surface area contributed by atoms with Crippen molar-refractivity contribution in [2.24, 2.45) is 0 Å². The maximum atomic E-state index is 12.8. The molecule has 0 saturated carbocycles. The van der Waals surface area contributed by atoms with Crippen LogP contribution in [0, 0.1) is 0 Å². The number of carbonyl (C=O) groups excluding carboxylic acids is 4. The predicted octanol–water partition coefficient (Wildman–Crippen LogP) is 6.26. The van der Waals surface area contributed by atoms with Gasteiger partial charge in [0.15, 0.2) is 0 Å². The predicted molar refractivity (Wildman–Crippen MR) is 137 cm³/mol. The molecule has 0 saturated heterocycles. The summed E-state index contributed by atoms with van der Waals surface area (Å²) in [4.78, 5) is 53.4. The van der Waals surface area contributed by atoms with Crippen molar-refractivity contribution in [3.05, 3.63) is 117 Å². The van der Waals surface area contributed by atoms with Crippen LogP contribution in [-0.4, -0.2) is 23.6 Å². The standard InChI is InChI=1S/C28H14Cl2N2O4/c29-17-5-11-21-23(13-17)27(35)31(25(21)33)19-7-1-15(2-8-19)16-3-9-20(10-4-16)32-26(34)22-12-6-18(30)14-24(22)28(32)36/h1-14H. The van der Waals surface area contributed by atoms with Crippen molar-refractivity contribution in [1.82, 2.24) is 0 Å². The zero-order chi connectivity index (χ0) is 25.1. The second kappa shape index (κ2) is 8.16. The molecule has 8 heteroatoms. The lowest BCUT2D eigenvalue weighted by molar-refractivity contribution is 0.0910. The number of rotatable bonds is 3. The third-order valence-corrected chi connectivity index (χ3v) is 6.75. The zero-order valence-corrected chi connectivity index (χ0v) is 19.9. The number of imide groups is 2. The van der Waals surface area contributed by atoms with Crippen LogP contribution in [-0.2, 0) is 0 Å². The summed E-state index contributed by atoms with van der Waals surface area (Å²) in [6.45, 7) is 0. The van der Waals surface area contributed by atoms with Gasteiger partial charge >= 0.3 is 0 Å². The van der Waals surface area contributed by atoms with E-state index < -0.39 is 23.6 Å². The van der Waals surface area contributed by atoms with Gasteiger partial charge in [0, 0.05) is 10.0 Å². The van der Waals surface area contributed by atoms with Gasteiger partial charge in [-0.25, -0.2) is 9.80 Å². The Hall–Kier alpha value is -4.26. The topological polar surface area (TPSA) is 74.8 Å². The molecule has 4 aromatic rings. The van der Waals surface area contributed by atoms with Crippen LogP contribution in [0.5, 0.6) is 0 Å². The van der Waals surface area contributed by atoms with E-state index in [0.29, 0.717) is 32.5 Å². The maximum absolute atomic E-state index is 12.8. The highest BCUT2D eigenvalue weighted by atomic mass is 35.5. The van der Waals surface area contributed by atoms with Gasteiger partial charge in [-0.15, -0.1) is 0 Å². The van der Waals surface area contributed by atoms with Crippen molar-refractivity contribution in [3.63, 3.8) is 0 Å². The first-order valence-electron chi connectivity index (χ1n) is 10.9. The molecule has 174 valence electrons. The Morgan fingerprint density at radius 1 is 0.417 bits per heavy atom. The molecule has 4 amide bonds. The Balaban J connectivity index is 1.25. The van der Waals surface area contributed by atoms with E-state index in [4.69, 9.17) is 23.2 Å². The van der Waals surface area contributed by atoms with Gasteiger partial charge in [0.2, 0.25) is 0 Å². The smallest absolute Gasteiger partial charge is 0.266 e. The Labute approximate surface area is 215 Å². The highest BCUT2D eigenvalue weighted by molar-refractivity contribution is 6.37. The van der Waals surface area contributed by atoms with Crippen LogP contribution in [0.25, 0.3) is 11.1 Å². The monoisotopic (exact) mass is 512 g/mol. The summed E-state index contributed by atoms with van der Waals surface area (Å²) in [5.41, 5.74) is 3.76. The molecule has 2 aliphatic rings. The van der Waals surface area contributed by atoms with Crippen molar-refractivity contribution in [2.75, 3.05) is 9.80 Å². The first kappa shape index (κ1) is 22.2. The van der Waals surface area contributed by atoms with E-state index in [0.717, 1.165) is 20.9 Å². The van der Waals surface area contributed by atoms with E-state index >= 15 is 0 Å². The van der Waals surface area contributed by atoms with E-state index in [-0.39, 0.29) is 11.1 Å². The Kier molecular flexibility index (Phi) is 5.03. The minimum absolute atomic E-state index is 0.280. The molecule has 0 fully saturated rings. The molecular weight excluding hydrogens is 499 g/mol. The summed E-state index contributed by atoms with van der Waals surface area (Å²) in [6.07, 6.45) is 0. The Morgan fingerprint density at radius 2 is 0.750 bits per heavy atom. The van der Waals surface area contributed by atoms with Crippen LogP contribution in [0.2, 0.25) is 10.0 Å². The summed E-state index contributed by atoms with van der Waals surface area (Å²) in [5, 5.41) is 0.779. The number of carbonyl (C=O) groups is 4. The molecular formula is C28H14Cl2N2O4. The molecule has 2 aliphatic heterocycles. The summed E-state index contributed by atoms with van der Waals surface area (Å²) in [5.74, 6) is -1.63. The summed E-state index contributed by atoms with van der Waals surface area (Å²) in [7, 11) is 0. The summed E-state index contributed by atoms with van der Waals surface area (Å²) < 4.78 is 0. The fraction of sp³-hybridized carbons (Fsp3) is 0. The summed E-state index contributed by atoms with van der Waals surface area (Å²) in [6, 6.07) is 23.2. The van der Waals surface area contributed by atoms with E-state index in [9.17, 15) is 19.2 Å². The third-order valence-electron chi connectivity index (χ3n) is 6.28. The largest absolute Gasteiger partial charge is 0.268 e. The van der Waals surface area contributed by atoms with Gasteiger partial charge in [-0.2, -0.15) is 0 Å². The number of nitrogens with zero attached hydrogens (tertiary/aromatic N) is 2. The highest BCUT2D eigenvalue weighted by Gasteiger charge is 2.37. The van der Waals surface area contributed by atoms with Crippen LogP contribution in [0.4, 0.5) is 11.4 Å². The molecule has 0 aromatic heterocycles. The lowest BCUT2D eigenvalue weighted by atomic mass is 10.0. The molecule has 0 spiro atoms. The molecule has 0 radical (unpaired) electrons. The Bertz CT molecular complexity index is 1510. The number of amides is 4. The van der Waals surface area contributed by atoms with Gasteiger partial charge < -0.3 is 0 Å². The van der Waals surface area contributed by atoms with Gasteiger partial charge in [0.05, 0.1) is 33.6 Å². The lowest BCUT2D eigenvalue weighted by Crippen LogP contribution is -2.29. The molecule has 0 unspecified atom stereocenters. The SMILES string of the molecule is O=C1c2ccc(Cl)cc2C(=O)N1c1ccc(-c2ccc(N3C(=O)c4ccc(Cl)cc4C3=O)cc2)cc1. The quantitative estimate of drug-likeness (QED) is 0.303. The van der Waals surface area contributed by atoms with E-state index in [1.807, 2.05) is 0 Å². The molecule has 0 N–H and O–H groups in total. The molecule has 6 rings (SSSR count). The van der Waals surface area contributed by atoms with Crippen molar-refractivity contribution >= 4 is 58.2 Å². The number of hydrogen-bond acceptors (Lipinski definition) is 4. The number of fused-ring (bicyclic) bond motifs is 2.